The molecule has 4 nitrogen and oxygen atoms in total. The second-order valence-corrected chi connectivity index (χ2v) is 11.0. The Hall–Kier alpha value is -2.32. The highest BCUT2D eigenvalue weighted by Crippen LogP contribution is 2.46. The van der Waals surface area contributed by atoms with Gasteiger partial charge in [-0.05, 0) is 60.8 Å². The number of sulfonamides is 1. The molecule has 0 radical (unpaired) electrons. The zero-order valence-corrected chi connectivity index (χ0v) is 19.9. The van der Waals surface area contributed by atoms with Crippen LogP contribution in [0.3, 0.4) is 0 Å². The van der Waals surface area contributed by atoms with Crippen LogP contribution in [-0.4, -0.2) is 32.0 Å². The summed E-state index contributed by atoms with van der Waals surface area (Å²) in [6, 6.07) is 3.14. The molecule has 1 aliphatic carbocycles. The molecule has 0 aromatic heterocycles. The lowest BCUT2D eigenvalue weighted by Gasteiger charge is -2.46. The third-order valence-electron chi connectivity index (χ3n) is 6.55. The first-order valence-electron chi connectivity index (χ1n) is 11.4. The average molecular weight is 561 g/mol. The van der Waals surface area contributed by atoms with Crippen LogP contribution in [0.25, 0.3) is 0 Å². The summed E-state index contributed by atoms with van der Waals surface area (Å²) in [5.41, 5.74) is -4.95. The normalized spacial score (nSPS) is 19.3. The zero-order chi connectivity index (χ0) is 27.4. The SMILES string of the molecule is O=S(=O)(c1cccc(C(F)(F)F)c1)N(C1CC1)[N+]1(c2cc(C(F)(F)F)cc(C(F)(F)F)c2)CCCCC1. The number of piperidine rings is 1. The van der Waals surface area contributed by atoms with E-state index in [0.717, 1.165) is 16.5 Å². The van der Waals surface area contributed by atoms with Crippen LogP contribution in [0.5, 0.6) is 0 Å². The maximum Gasteiger partial charge on any atom is 0.416 e. The lowest BCUT2D eigenvalue weighted by molar-refractivity contribution is -0.143. The number of halogens is 9. The number of benzene rings is 2. The molecule has 0 spiro atoms. The molecule has 1 heterocycles. The summed E-state index contributed by atoms with van der Waals surface area (Å²) in [4.78, 5) is -0.736. The second-order valence-electron chi connectivity index (χ2n) is 9.23. The third-order valence-corrected chi connectivity index (χ3v) is 8.50. The largest absolute Gasteiger partial charge is 0.416 e. The van der Waals surface area contributed by atoms with E-state index in [1.165, 1.54) is 0 Å². The summed E-state index contributed by atoms with van der Waals surface area (Å²) >= 11 is 0. The van der Waals surface area contributed by atoms with Crippen LogP contribution < -0.4 is 4.59 Å². The molecule has 1 saturated heterocycles. The molecule has 2 aliphatic rings. The summed E-state index contributed by atoms with van der Waals surface area (Å²) in [7, 11) is -4.78. The quantitative estimate of drug-likeness (QED) is 0.291. The third kappa shape index (κ3) is 5.46. The van der Waals surface area contributed by atoms with Gasteiger partial charge in [-0.25, -0.2) is 8.42 Å². The van der Waals surface area contributed by atoms with Crippen LogP contribution in [0.2, 0.25) is 0 Å². The van der Waals surface area contributed by atoms with Gasteiger partial charge in [-0.2, -0.15) is 44.1 Å². The minimum absolute atomic E-state index is 0.0350. The van der Waals surface area contributed by atoms with Crippen LogP contribution in [0.4, 0.5) is 45.2 Å². The highest BCUT2D eigenvalue weighted by atomic mass is 32.2. The van der Waals surface area contributed by atoms with Crippen molar-refractivity contribution in [2.75, 3.05) is 13.1 Å². The lowest BCUT2D eigenvalue weighted by atomic mass is 10.0. The molecule has 0 unspecified atom stereocenters. The number of nitrogens with zero attached hydrogens (tertiary/aromatic N) is 2. The molecule has 37 heavy (non-hydrogen) atoms. The zero-order valence-electron chi connectivity index (χ0n) is 19.1. The Labute approximate surface area is 206 Å². The molecule has 0 atom stereocenters. The Morgan fingerprint density at radius 1 is 0.703 bits per heavy atom. The highest BCUT2D eigenvalue weighted by molar-refractivity contribution is 7.89. The molecular formula is C23H22F9N2O2S+. The first-order valence-corrected chi connectivity index (χ1v) is 12.8. The summed E-state index contributed by atoms with van der Waals surface area (Å²) in [6.07, 6.45) is -13.5. The number of quaternary nitrogens is 1. The van der Waals surface area contributed by atoms with Crippen LogP contribution in [-0.2, 0) is 28.6 Å². The molecule has 0 bridgehead atoms. The van der Waals surface area contributed by atoms with Gasteiger partial charge in [0.2, 0.25) is 0 Å². The van der Waals surface area contributed by atoms with E-state index in [1.54, 1.807) is 0 Å². The second kappa shape index (κ2) is 9.16. The molecule has 2 fully saturated rings. The monoisotopic (exact) mass is 561 g/mol. The molecule has 4 rings (SSSR count). The standard InChI is InChI=1S/C23H22F9N2O2S/c24-21(25,26)15-5-4-6-20(14-15)37(35,36)33(18-7-8-18)34(9-2-1-3-10-34)19-12-16(22(27,28)29)11-17(13-19)23(30,31)32/h4-6,11-14,18H,1-3,7-10H2/q+1. The van der Waals surface area contributed by atoms with E-state index in [1.807, 2.05) is 0 Å². The van der Waals surface area contributed by atoms with Crippen LogP contribution in [0, 0.1) is 0 Å². The lowest BCUT2D eigenvalue weighted by Crippen LogP contribution is -2.66. The van der Waals surface area contributed by atoms with Gasteiger partial charge >= 0.3 is 18.5 Å². The van der Waals surface area contributed by atoms with E-state index in [9.17, 15) is 47.9 Å². The summed E-state index contributed by atoms with van der Waals surface area (Å²) in [5, 5.41) is 0. The van der Waals surface area contributed by atoms with Crippen molar-refractivity contribution >= 4 is 15.7 Å². The van der Waals surface area contributed by atoms with Crippen molar-refractivity contribution in [3.05, 3.63) is 59.2 Å². The maximum atomic E-state index is 13.8. The van der Waals surface area contributed by atoms with Crippen molar-refractivity contribution in [2.24, 2.45) is 0 Å². The van der Waals surface area contributed by atoms with Crippen molar-refractivity contribution in [1.29, 1.82) is 0 Å². The predicted molar refractivity (Wildman–Crippen MR) is 115 cm³/mol. The van der Waals surface area contributed by atoms with Gasteiger partial charge in [-0.15, -0.1) is 0 Å². The fourth-order valence-corrected chi connectivity index (χ4v) is 6.75. The molecule has 1 aliphatic heterocycles. The molecule has 0 N–H and O–H groups in total. The average Bonchev–Trinajstić information content (AvgIpc) is 3.62. The van der Waals surface area contributed by atoms with E-state index < -0.39 is 66.5 Å². The summed E-state index contributed by atoms with van der Waals surface area (Å²) in [6.45, 7) is -0.263. The number of hydrogen-bond donors (Lipinski definition) is 0. The van der Waals surface area contributed by atoms with E-state index in [2.05, 4.69) is 0 Å². The van der Waals surface area contributed by atoms with Gasteiger partial charge < -0.3 is 0 Å². The first kappa shape index (κ1) is 27.7. The molecule has 204 valence electrons. The Kier molecular flexibility index (Phi) is 6.86. The molecule has 2 aromatic carbocycles. The van der Waals surface area contributed by atoms with Crippen molar-refractivity contribution in [1.82, 2.24) is 9.01 Å². The van der Waals surface area contributed by atoms with E-state index in [-0.39, 0.29) is 32.0 Å². The van der Waals surface area contributed by atoms with Gasteiger partial charge in [0.1, 0.15) is 13.1 Å². The van der Waals surface area contributed by atoms with Gasteiger partial charge in [-0.1, -0.05) is 6.07 Å². The minimum Gasteiger partial charge on any atom is -0.202 e. The summed E-state index contributed by atoms with van der Waals surface area (Å²) in [5.74, 6) is 0. The minimum atomic E-state index is -5.15. The number of hydrogen-bond acceptors (Lipinski definition) is 2. The van der Waals surface area contributed by atoms with Gasteiger partial charge in [-0.3, -0.25) is 0 Å². The topological polar surface area (TPSA) is 37.4 Å². The molecule has 2 aromatic rings. The highest BCUT2D eigenvalue weighted by Gasteiger charge is 2.55. The van der Waals surface area contributed by atoms with Crippen molar-refractivity contribution in [2.45, 2.75) is 61.6 Å². The Balaban J connectivity index is 1.96. The fourth-order valence-electron chi connectivity index (χ4n) is 4.73. The number of rotatable bonds is 5. The van der Waals surface area contributed by atoms with Gasteiger partial charge in [0.25, 0.3) is 10.0 Å². The van der Waals surface area contributed by atoms with Crippen LogP contribution >= 0.6 is 0 Å². The van der Waals surface area contributed by atoms with Gasteiger partial charge in [0, 0.05) is 12.1 Å². The molecular weight excluding hydrogens is 539 g/mol. The Morgan fingerprint density at radius 3 is 1.68 bits per heavy atom. The van der Waals surface area contributed by atoms with Crippen molar-refractivity contribution in [3.63, 3.8) is 0 Å². The number of alkyl halides is 9. The molecule has 0 amide bonds. The van der Waals surface area contributed by atoms with Crippen LogP contribution in [0.15, 0.2) is 47.4 Å². The molecule has 14 heteroatoms. The molecule has 1 saturated carbocycles. The summed E-state index contributed by atoms with van der Waals surface area (Å²) < 4.78 is 149. The van der Waals surface area contributed by atoms with Crippen LogP contribution in [0.1, 0.15) is 48.8 Å². The van der Waals surface area contributed by atoms with E-state index >= 15 is 0 Å². The van der Waals surface area contributed by atoms with E-state index in [4.69, 9.17) is 0 Å². The maximum absolute atomic E-state index is 13.8. The van der Waals surface area contributed by atoms with Gasteiger partial charge in [0.05, 0.1) is 27.6 Å². The Bertz CT molecular complexity index is 1230. The van der Waals surface area contributed by atoms with Crippen molar-refractivity contribution < 1.29 is 47.9 Å². The van der Waals surface area contributed by atoms with Gasteiger partial charge in [0.15, 0.2) is 5.69 Å². The first-order chi connectivity index (χ1) is 17.0. The van der Waals surface area contributed by atoms with E-state index in [0.29, 0.717) is 43.5 Å². The fraction of sp³-hybridized carbons (Fsp3) is 0.478. The van der Waals surface area contributed by atoms with Crippen molar-refractivity contribution in [3.8, 4) is 0 Å². The smallest absolute Gasteiger partial charge is 0.202 e. The predicted octanol–water partition coefficient (Wildman–Crippen LogP) is 7.00. The Morgan fingerprint density at radius 2 is 1.22 bits per heavy atom.